The van der Waals surface area contributed by atoms with Crippen molar-refractivity contribution in [3.8, 4) is 11.8 Å². The number of urea groups is 1. The standard InChI is InChI=1S/C13H17ClN6O7S/c1-19-9(6-13(14,18-19)10(21)27-4)28(23,24)20(11(15)22)12-16-7(25-2)5-8(17-12)26-3/h5-6,18H,1-4H3,(H2,15,22). The zero-order valence-corrected chi connectivity index (χ0v) is 16.7. The van der Waals surface area contributed by atoms with Crippen LogP contribution in [0.1, 0.15) is 0 Å². The van der Waals surface area contributed by atoms with Crippen LogP contribution in [0.3, 0.4) is 0 Å². The molecule has 0 bridgehead atoms. The number of halogens is 1. The number of sulfonamides is 1. The number of nitrogens with one attached hydrogen (secondary N) is 1. The lowest BCUT2D eigenvalue weighted by atomic mass is 10.3. The number of rotatable bonds is 6. The summed E-state index contributed by atoms with van der Waals surface area (Å²) in [5.41, 5.74) is 7.67. The Labute approximate surface area is 165 Å². The van der Waals surface area contributed by atoms with Gasteiger partial charge in [-0.3, -0.25) is 5.01 Å². The van der Waals surface area contributed by atoms with Gasteiger partial charge < -0.3 is 19.9 Å². The lowest BCUT2D eigenvalue weighted by molar-refractivity contribution is -0.144. The SMILES string of the molecule is COC(=O)C1(Cl)C=C(S(=O)(=O)N(C(N)=O)c2nc(OC)cc(OC)n2)N(C)N1. The lowest BCUT2D eigenvalue weighted by Crippen LogP contribution is -2.49. The first-order chi connectivity index (χ1) is 13.0. The quantitative estimate of drug-likeness (QED) is 0.322. The molecule has 0 aromatic carbocycles. The van der Waals surface area contributed by atoms with Crippen LogP contribution in [0.25, 0.3) is 0 Å². The third-order valence-electron chi connectivity index (χ3n) is 3.44. The molecule has 2 rings (SSSR count). The van der Waals surface area contributed by atoms with E-state index in [1.165, 1.54) is 27.3 Å². The van der Waals surface area contributed by atoms with Crippen LogP contribution in [-0.4, -0.2) is 68.8 Å². The summed E-state index contributed by atoms with van der Waals surface area (Å²) in [6.07, 6.45) is 0.850. The predicted molar refractivity (Wildman–Crippen MR) is 95.7 cm³/mol. The zero-order chi connectivity index (χ0) is 21.3. The average Bonchev–Trinajstić information content (AvgIpc) is 2.96. The molecular formula is C13H17ClN6O7S. The summed E-state index contributed by atoms with van der Waals surface area (Å²) < 4.78 is 40.7. The monoisotopic (exact) mass is 436 g/mol. The van der Waals surface area contributed by atoms with Gasteiger partial charge in [0.05, 0.1) is 27.4 Å². The molecule has 1 aliphatic heterocycles. The highest BCUT2D eigenvalue weighted by atomic mass is 35.5. The molecule has 1 aliphatic rings. The molecule has 0 spiro atoms. The Morgan fingerprint density at radius 3 is 2.21 bits per heavy atom. The molecule has 0 saturated heterocycles. The van der Waals surface area contributed by atoms with E-state index in [2.05, 4.69) is 20.1 Å². The Kier molecular flexibility index (Phi) is 5.86. The van der Waals surface area contributed by atoms with Gasteiger partial charge in [-0.25, -0.2) is 9.59 Å². The maximum Gasteiger partial charge on any atom is 0.347 e. The third-order valence-corrected chi connectivity index (χ3v) is 5.53. The van der Waals surface area contributed by atoms with E-state index in [1.54, 1.807) is 0 Å². The normalized spacial score (nSPS) is 19.0. The number of aromatic nitrogens is 2. The van der Waals surface area contributed by atoms with Gasteiger partial charge in [0.15, 0.2) is 5.03 Å². The van der Waals surface area contributed by atoms with Gasteiger partial charge in [-0.1, -0.05) is 11.6 Å². The van der Waals surface area contributed by atoms with Gasteiger partial charge in [0.2, 0.25) is 16.8 Å². The van der Waals surface area contributed by atoms with Crippen LogP contribution in [0.15, 0.2) is 17.2 Å². The fourth-order valence-corrected chi connectivity index (χ4v) is 4.02. The number of primary amides is 1. The molecule has 0 saturated carbocycles. The van der Waals surface area contributed by atoms with Crippen molar-refractivity contribution >= 4 is 39.6 Å². The topological polar surface area (TPSA) is 166 Å². The van der Waals surface area contributed by atoms with Gasteiger partial charge in [0.25, 0.3) is 16.0 Å². The highest BCUT2D eigenvalue weighted by Gasteiger charge is 2.48. The molecule has 0 fully saturated rings. The van der Waals surface area contributed by atoms with E-state index in [1.807, 2.05) is 0 Å². The van der Waals surface area contributed by atoms with E-state index in [0.29, 0.717) is 0 Å². The summed E-state index contributed by atoms with van der Waals surface area (Å²) in [5, 5.41) is 0.337. The molecule has 1 unspecified atom stereocenters. The van der Waals surface area contributed by atoms with Crippen LogP contribution >= 0.6 is 11.6 Å². The number of anilines is 1. The number of nitrogens with zero attached hydrogens (tertiary/aromatic N) is 4. The fourth-order valence-electron chi connectivity index (χ4n) is 2.21. The summed E-state index contributed by atoms with van der Waals surface area (Å²) in [4.78, 5) is 29.4. The summed E-state index contributed by atoms with van der Waals surface area (Å²) in [6, 6.07) is -0.159. The van der Waals surface area contributed by atoms with E-state index in [-0.39, 0.29) is 16.1 Å². The zero-order valence-electron chi connectivity index (χ0n) is 15.2. The molecule has 0 aliphatic carbocycles. The first-order valence-corrected chi connectivity index (χ1v) is 9.15. The van der Waals surface area contributed by atoms with Crippen molar-refractivity contribution in [2.75, 3.05) is 32.7 Å². The number of alkyl halides is 1. The average molecular weight is 437 g/mol. The molecule has 28 heavy (non-hydrogen) atoms. The Balaban J connectivity index is 2.62. The summed E-state index contributed by atoms with van der Waals surface area (Å²) in [7, 11) is 0.148. The molecule has 1 aromatic rings. The highest BCUT2D eigenvalue weighted by molar-refractivity contribution is 7.97. The van der Waals surface area contributed by atoms with E-state index in [9.17, 15) is 18.0 Å². The van der Waals surface area contributed by atoms with Crippen molar-refractivity contribution in [3.63, 3.8) is 0 Å². The van der Waals surface area contributed by atoms with Gasteiger partial charge in [-0.2, -0.15) is 23.8 Å². The second-order valence-corrected chi connectivity index (χ2v) is 7.55. The largest absolute Gasteiger partial charge is 0.481 e. The van der Waals surface area contributed by atoms with Crippen molar-refractivity contribution in [1.29, 1.82) is 0 Å². The van der Waals surface area contributed by atoms with Gasteiger partial charge in [0.1, 0.15) is 0 Å². The van der Waals surface area contributed by atoms with Gasteiger partial charge >= 0.3 is 12.0 Å². The Morgan fingerprint density at radius 1 is 1.25 bits per heavy atom. The van der Waals surface area contributed by atoms with Crippen LogP contribution in [0, 0.1) is 0 Å². The van der Waals surface area contributed by atoms with Crippen molar-refractivity contribution < 1.29 is 32.2 Å². The molecule has 1 aromatic heterocycles. The van der Waals surface area contributed by atoms with Crippen LogP contribution in [-0.2, 0) is 19.6 Å². The van der Waals surface area contributed by atoms with Gasteiger partial charge in [0, 0.05) is 13.1 Å². The number of hydrogen-bond donors (Lipinski definition) is 2. The van der Waals surface area contributed by atoms with Crippen LogP contribution in [0.2, 0.25) is 0 Å². The lowest BCUT2D eigenvalue weighted by Gasteiger charge is -2.24. The smallest absolute Gasteiger partial charge is 0.347 e. The minimum atomic E-state index is -4.71. The van der Waals surface area contributed by atoms with Crippen molar-refractivity contribution in [2.24, 2.45) is 5.73 Å². The fraction of sp³-hybridized carbons (Fsp3) is 0.385. The maximum atomic E-state index is 13.1. The minimum absolute atomic E-state index is 0.0866. The van der Waals surface area contributed by atoms with Gasteiger partial charge in [-0.15, -0.1) is 4.31 Å². The van der Waals surface area contributed by atoms with Crippen LogP contribution in [0.4, 0.5) is 10.7 Å². The Morgan fingerprint density at radius 2 is 1.79 bits per heavy atom. The second-order valence-electron chi connectivity index (χ2n) is 5.22. The number of methoxy groups -OCH3 is 3. The minimum Gasteiger partial charge on any atom is -0.481 e. The van der Waals surface area contributed by atoms with E-state index in [0.717, 1.165) is 18.2 Å². The third kappa shape index (κ3) is 3.74. The first-order valence-electron chi connectivity index (χ1n) is 7.33. The molecule has 1 atom stereocenters. The number of amides is 2. The Bertz CT molecular complexity index is 917. The molecule has 0 radical (unpaired) electrons. The summed E-state index contributed by atoms with van der Waals surface area (Å²) >= 11 is 6.07. The van der Waals surface area contributed by atoms with E-state index < -0.39 is 38.0 Å². The number of hydrazine groups is 1. The van der Waals surface area contributed by atoms with Crippen molar-refractivity contribution in [1.82, 2.24) is 20.4 Å². The molecule has 3 N–H and O–H groups in total. The number of ether oxygens (including phenoxy) is 3. The molecule has 2 amide bonds. The van der Waals surface area contributed by atoms with Crippen molar-refractivity contribution in [3.05, 3.63) is 17.2 Å². The number of carbonyl (C=O) groups excluding carboxylic acids is 2. The highest BCUT2D eigenvalue weighted by Crippen LogP contribution is 2.32. The van der Waals surface area contributed by atoms with E-state index in [4.69, 9.17) is 26.8 Å². The second kappa shape index (κ2) is 7.65. The molecule has 15 heteroatoms. The van der Waals surface area contributed by atoms with E-state index >= 15 is 0 Å². The van der Waals surface area contributed by atoms with Crippen molar-refractivity contribution in [2.45, 2.75) is 5.00 Å². The Hall–Kier alpha value is -2.84. The number of hydrogen-bond acceptors (Lipinski definition) is 11. The molecular weight excluding hydrogens is 420 g/mol. The number of esters is 1. The first kappa shape index (κ1) is 21.5. The van der Waals surface area contributed by atoms with Crippen LogP contribution in [0.5, 0.6) is 11.8 Å². The molecule has 2 heterocycles. The number of carbonyl (C=O) groups is 2. The van der Waals surface area contributed by atoms with Crippen LogP contribution < -0.4 is 24.9 Å². The molecule has 13 nitrogen and oxygen atoms in total. The molecule has 154 valence electrons. The van der Waals surface area contributed by atoms with Gasteiger partial charge in [-0.05, 0) is 0 Å². The summed E-state index contributed by atoms with van der Waals surface area (Å²) in [6.45, 7) is 0. The number of nitrogens with two attached hydrogens (primary N) is 1. The summed E-state index contributed by atoms with van der Waals surface area (Å²) in [5.74, 6) is -1.79. The maximum absolute atomic E-state index is 13.1. The predicted octanol–water partition coefficient (Wildman–Crippen LogP) is -0.892.